The standard InChI is InChI=1S/C15H18N2O3/c1-11(20-10-14-3-2-8-19-14)15(18)17-13-6-4-12(9-16)5-7-13/h4-7,11,14H,2-3,8,10H2,1H3,(H,17,18). The predicted molar refractivity (Wildman–Crippen MR) is 74.2 cm³/mol. The first-order valence-electron chi connectivity index (χ1n) is 6.73. The van der Waals surface area contributed by atoms with Crippen LogP contribution in [-0.2, 0) is 14.3 Å². The van der Waals surface area contributed by atoms with Crippen LogP contribution in [0.1, 0.15) is 25.3 Å². The van der Waals surface area contributed by atoms with Crippen LogP contribution in [-0.4, -0.2) is 31.3 Å². The van der Waals surface area contributed by atoms with Gasteiger partial charge in [0.05, 0.1) is 24.3 Å². The highest BCUT2D eigenvalue weighted by molar-refractivity contribution is 5.93. The van der Waals surface area contributed by atoms with E-state index in [-0.39, 0.29) is 12.0 Å². The van der Waals surface area contributed by atoms with Crippen LogP contribution in [0.5, 0.6) is 0 Å². The van der Waals surface area contributed by atoms with Gasteiger partial charge in [0, 0.05) is 12.3 Å². The number of carbonyl (C=O) groups is 1. The number of nitrogens with zero attached hydrogens (tertiary/aromatic N) is 1. The second-order valence-corrected chi connectivity index (χ2v) is 4.79. The average Bonchev–Trinajstić information content (AvgIpc) is 2.98. The normalized spacial score (nSPS) is 19.3. The van der Waals surface area contributed by atoms with Gasteiger partial charge in [0.1, 0.15) is 6.10 Å². The van der Waals surface area contributed by atoms with Crippen molar-refractivity contribution in [3.63, 3.8) is 0 Å². The Kier molecular flexibility index (Phi) is 5.10. The van der Waals surface area contributed by atoms with Gasteiger partial charge in [-0.3, -0.25) is 4.79 Å². The van der Waals surface area contributed by atoms with Gasteiger partial charge in [0.2, 0.25) is 0 Å². The molecule has 2 unspecified atom stereocenters. The largest absolute Gasteiger partial charge is 0.376 e. The molecule has 0 saturated carbocycles. The molecule has 1 aromatic carbocycles. The van der Waals surface area contributed by atoms with Gasteiger partial charge in [0.15, 0.2) is 0 Å². The summed E-state index contributed by atoms with van der Waals surface area (Å²) < 4.78 is 11.0. The molecular weight excluding hydrogens is 256 g/mol. The highest BCUT2D eigenvalue weighted by Crippen LogP contribution is 2.14. The third kappa shape index (κ3) is 4.05. The zero-order chi connectivity index (χ0) is 14.4. The molecule has 1 aliphatic rings. The summed E-state index contributed by atoms with van der Waals surface area (Å²) in [6.45, 7) is 2.94. The molecule has 5 heteroatoms. The van der Waals surface area contributed by atoms with Crippen LogP contribution in [0.25, 0.3) is 0 Å². The molecule has 0 aliphatic carbocycles. The van der Waals surface area contributed by atoms with Crippen LogP contribution in [0.3, 0.4) is 0 Å². The Hall–Kier alpha value is -1.90. The Morgan fingerprint density at radius 3 is 2.90 bits per heavy atom. The number of carbonyl (C=O) groups excluding carboxylic acids is 1. The minimum atomic E-state index is -0.533. The number of hydrogen-bond donors (Lipinski definition) is 1. The van der Waals surface area contributed by atoms with Crippen LogP contribution in [0.15, 0.2) is 24.3 Å². The lowest BCUT2D eigenvalue weighted by atomic mass is 10.2. The van der Waals surface area contributed by atoms with E-state index in [1.807, 2.05) is 6.07 Å². The van der Waals surface area contributed by atoms with Crippen molar-refractivity contribution in [1.29, 1.82) is 5.26 Å². The fourth-order valence-corrected chi connectivity index (χ4v) is 1.98. The zero-order valence-electron chi connectivity index (χ0n) is 11.5. The molecule has 1 saturated heterocycles. The molecule has 1 N–H and O–H groups in total. The number of nitriles is 1. The molecule has 1 aliphatic heterocycles. The van der Waals surface area contributed by atoms with E-state index in [1.54, 1.807) is 31.2 Å². The maximum absolute atomic E-state index is 11.9. The van der Waals surface area contributed by atoms with Gasteiger partial charge in [0.25, 0.3) is 5.91 Å². The van der Waals surface area contributed by atoms with Gasteiger partial charge in [-0.25, -0.2) is 0 Å². The van der Waals surface area contributed by atoms with E-state index < -0.39 is 6.10 Å². The van der Waals surface area contributed by atoms with Crippen molar-refractivity contribution in [2.45, 2.75) is 32.0 Å². The molecule has 2 atom stereocenters. The van der Waals surface area contributed by atoms with Gasteiger partial charge in [-0.05, 0) is 44.0 Å². The fourth-order valence-electron chi connectivity index (χ4n) is 1.98. The molecule has 106 valence electrons. The van der Waals surface area contributed by atoms with E-state index in [9.17, 15) is 4.79 Å². The van der Waals surface area contributed by atoms with Crippen molar-refractivity contribution in [2.75, 3.05) is 18.5 Å². The van der Waals surface area contributed by atoms with E-state index in [2.05, 4.69) is 5.32 Å². The number of rotatable bonds is 5. The molecule has 1 fully saturated rings. The molecule has 5 nitrogen and oxygen atoms in total. The number of ether oxygens (including phenoxy) is 2. The minimum Gasteiger partial charge on any atom is -0.376 e. The van der Waals surface area contributed by atoms with Crippen LogP contribution in [0.4, 0.5) is 5.69 Å². The van der Waals surface area contributed by atoms with E-state index in [4.69, 9.17) is 14.7 Å². The van der Waals surface area contributed by atoms with Crippen molar-refractivity contribution in [2.24, 2.45) is 0 Å². The minimum absolute atomic E-state index is 0.111. The molecule has 0 bridgehead atoms. The van der Waals surface area contributed by atoms with E-state index in [0.29, 0.717) is 17.9 Å². The van der Waals surface area contributed by atoms with Gasteiger partial charge in [-0.1, -0.05) is 0 Å². The first-order valence-corrected chi connectivity index (χ1v) is 6.73. The molecular formula is C15H18N2O3. The summed E-state index contributed by atoms with van der Waals surface area (Å²) in [4.78, 5) is 11.9. The second kappa shape index (κ2) is 7.04. The molecule has 1 heterocycles. The summed E-state index contributed by atoms with van der Waals surface area (Å²) in [6.07, 6.45) is 1.62. The predicted octanol–water partition coefficient (Wildman–Crippen LogP) is 2.08. The van der Waals surface area contributed by atoms with Crippen LogP contribution < -0.4 is 5.32 Å². The topological polar surface area (TPSA) is 71.3 Å². The van der Waals surface area contributed by atoms with Crippen molar-refractivity contribution < 1.29 is 14.3 Å². The Morgan fingerprint density at radius 2 is 2.30 bits per heavy atom. The van der Waals surface area contributed by atoms with Gasteiger partial charge < -0.3 is 14.8 Å². The molecule has 1 aromatic rings. The number of nitrogens with one attached hydrogen (secondary N) is 1. The SMILES string of the molecule is CC(OCC1CCCO1)C(=O)Nc1ccc(C#N)cc1. The molecule has 0 spiro atoms. The monoisotopic (exact) mass is 274 g/mol. The van der Waals surface area contributed by atoms with Crippen molar-refractivity contribution in [1.82, 2.24) is 0 Å². The van der Waals surface area contributed by atoms with Crippen LogP contribution in [0, 0.1) is 11.3 Å². The van der Waals surface area contributed by atoms with E-state index >= 15 is 0 Å². The van der Waals surface area contributed by atoms with Gasteiger partial charge in [-0.2, -0.15) is 5.26 Å². The summed E-state index contributed by atoms with van der Waals surface area (Å²) in [7, 11) is 0. The highest BCUT2D eigenvalue weighted by atomic mass is 16.5. The Morgan fingerprint density at radius 1 is 1.55 bits per heavy atom. The lowest BCUT2D eigenvalue weighted by Gasteiger charge is -2.16. The maximum atomic E-state index is 11.9. The van der Waals surface area contributed by atoms with E-state index in [1.165, 1.54) is 0 Å². The third-order valence-corrected chi connectivity index (χ3v) is 3.21. The Bertz CT molecular complexity index is 487. The molecule has 0 radical (unpaired) electrons. The molecule has 20 heavy (non-hydrogen) atoms. The van der Waals surface area contributed by atoms with Crippen LogP contribution >= 0.6 is 0 Å². The third-order valence-electron chi connectivity index (χ3n) is 3.21. The number of hydrogen-bond acceptors (Lipinski definition) is 4. The van der Waals surface area contributed by atoms with Gasteiger partial charge in [-0.15, -0.1) is 0 Å². The van der Waals surface area contributed by atoms with Crippen molar-refractivity contribution >= 4 is 11.6 Å². The lowest BCUT2D eigenvalue weighted by molar-refractivity contribution is -0.128. The summed E-state index contributed by atoms with van der Waals surface area (Å²) >= 11 is 0. The average molecular weight is 274 g/mol. The maximum Gasteiger partial charge on any atom is 0.253 e. The highest BCUT2D eigenvalue weighted by Gasteiger charge is 2.19. The van der Waals surface area contributed by atoms with Crippen molar-refractivity contribution in [3.05, 3.63) is 29.8 Å². The summed E-state index contributed by atoms with van der Waals surface area (Å²) in [5.74, 6) is -0.201. The smallest absolute Gasteiger partial charge is 0.253 e. The summed E-state index contributed by atoms with van der Waals surface area (Å²) in [5, 5.41) is 11.5. The summed E-state index contributed by atoms with van der Waals surface area (Å²) in [6, 6.07) is 8.75. The van der Waals surface area contributed by atoms with Gasteiger partial charge >= 0.3 is 0 Å². The lowest BCUT2D eigenvalue weighted by Crippen LogP contribution is -2.30. The second-order valence-electron chi connectivity index (χ2n) is 4.79. The van der Waals surface area contributed by atoms with Crippen LogP contribution in [0.2, 0.25) is 0 Å². The Labute approximate surface area is 118 Å². The summed E-state index contributed by atoms with van der Waals surface area (Å²) in [5.41, 5.74) is 1.22. The quantitative estimate of drug-likeness (QED) is 0.892. The van der Waals surface area contributed by atoms with E-state index in [0.717, 1.165) is 19.4 Å². The van der Waals surface area contributed by atoms with Crippen molar-refractivity contribution in [3.8, 4) is 6.07 Å². The first kappa shape index (κ1) is 14.5. The Balaban J connectivity index is 1.79. The number of amides is 1. The molecule has 2 rings (SSSR count). The zero-order valence-corrected chi connectivity index (χ0v) is 11.5. The number of benzene rings is 1. The first-order chi connectivity index (χ1) is 9.69. The molecule has 0 aromatic heterocycles. The fraction of sp³-hybridized carbons (Fsp3) is 0.467. The number of anilines is 1. The molecule has 1 amide bonds.